The van der Waals surface area contributed by atoms with Gasteiger partial charge in [-0.05, 0) is 42.7 Å². The van der Waals surface area contributed by atoms with E-state index < -0.39 is 0 Å². The topological polar surface area (TPSA) is 32.3 Å². The van der Waals surface area contributed by atoms with Gasteiger partial charge in [-0.15, -0.1) is 0 Å². The molecule has 0 saturated heterocycles. The third kappa shape index (κ3) is 3.56. The van der Waals surface area contributed by atoms with E-state index in [0.717, 1.165) is 19.4 Å². The largest absolute Gasteiger partial charge is 0.392 e. The van der Waals surface area contributed by atoms with Crippen LogP contribution in [0.1, 0.15) is 50.3 Å². The van der Waals surface area contributed by atoms with Crippen LogP contribution < -0.4 is 5.32 Å². The quantitative estimate of drug-likeness (QED) is 0.776. The standard InChI is InChI=1S/C16H25NO/c1-3-12-5-7-13(8-6-12)15(4-2)17-11-16(18)14-9-10-14/h5-8,14-18H,3-4,9-11H2,1-2H3. The Morgan fingerprint density at radius 3 is 2.39 bits per heavy atom. The zero-order valence-electron chi connectivity index (χ0n) is 11.5. The molecule has 1 saturated carbocycles. The second kappa shape index (κ2) is 6.35. The zero-order chi connectivity index (χ0) is 13.0. The molecule has 2 rings (SSSR count). The van der Waals surface area contributed by atoms with Crippen molar-refractivity contribution >= 4 is 0 Å². The molecule has 0 bridgehead atoms. The van der Waals surface area contributed by atoms with Crippen molar-refractivity contribution in [2.45, 2.75) is 51.7 Å². The van der Waals surface area contributed by atoms with E-state index >= 15 is 0 Å². The van der Waals surface area contributed by atoms with Gasteiger partial charge in [0.15, 0.2) is 0 Å². The molecular weight excluding hydrogens is 222 g/mol. The van der Waals surface area contributed by atoms with E-state index in [1.165, 1.54) is 24.0 Å². The number of hydrogen-bond acceptors (Lipinski definition) is 2. The van der Waals surface area contributed by atoms with Gasteiger partial charge >= 0.3 is 0 Å². The summed E-state index contributed by atoms with van der Waals surface area (Å²) in [6, 6.07) is 9.20. The maximum Gasteiger partial charge on any atom is 0.0692 e. The predicted octanol–water partition coefficient (Wildman–Crippen LogP) is 3.06. The summed E-state index contributed by atoms with van der Waals surface area (Å²) >= 11 is 0. The number of nitrogens with one attached hydrogen (secondary N) is 1. The van der Waals surface area contributed by atoms with Gasteiger partial charge in [0.05, 0.1) is 6.10 Å². The number of aliphatic hydroxyl groups is 1. The number of rotatable bonds is 7. The molecular formula is C16H25NO. The first kappa shape index (κ1) is 13.6. The molecule has 1 aromatic carbocycles. The Labute approximate surface area is 110 Å². The predicted molar refractivity (Wildman–Crippen MR) is 75.6 cm³/mol. The van der Waals surface area contributed by atoms with E-state index in [1.54, 1.807) is 0 Å². The number of hydrogen-bond donors (Lipinski definition) is 2. The van der Waals surface area contributed by atoms with Gasteiger partial charge in [0.1, 0.15) is 0 Å². The van der Waals surface area contributed by atoms with Crippen molar-refractivity contribution in [1.82, 2.24) is 5.32 Å². The molecule has 0 aromatic heterocycles. The van der Waals surface area contributed by atoms with Crippen LogP contribution in [0.2, 0.25) is 0 Å². The molecule has 2 nitrogen and oxygen atoms in total. The molecule has 0 aliphatic heterocycles. The van der Waals surface area contributed by atoms with Crippen molar-refractivity contribution in [2.24, 2.45) is 5.92 Å². The molecule has 0 amide bonds. The molecule has 1 fully saturated rings. The van der Waals surface area contributed by atoms with Gasteiger partial charge in [-0.1, -0.05) is 38.1 Å². The fourth-order valence-electron chi connectivity index (χ4n) is 2.39. The van der Waals surface area contributed by atoms with Crippen LogP contribution in [0.15, 0.2) is 24.3 Å². The maximum atomic E-state index is 9.90. The van der Waals surface area contributed by atoms with Gasteiger partial charge in [0, 0.05) is 12.6 Å². The Morgan fingerprint density at radius 2 is 1.89 bits per heavy atom. The Kier molecular flexibility index (Phi) is 4.79. The summed E-state index contributed by atoms with van der Waals surface area (Å²) < 4.78 is 0. The van der Waals surface area contributed by atoms with Gasteiger partial charge in [-0.3, -0.25) is 0 Å². The van der Waals surface area contributed by atoms with Crippen LogP contribution in [0, 0.1) is 5.92 Å². The minimum atomic E-state index is -0.158. The van der Waals surface area contributed by atoms with Crippen LogP contribution in [0.3, 0.4) is 0 Å². The van der Waals surface area contributed by atoms with Gasteiger partial charge in [0.2, 0.25) is 0 Å². The number of aryl methyl sites for hydroxylation is 1. The highest BCUT2D eigenvalue weighted by Crippen LogP contribution is 2.32. The minimum Gasteiger partial charge on any atom is -0.392 e. The van der Waals surface area contributed by atoms with Crippen LogP contribution >= 0.6 is 0 Å². The van der Waals surface area contributed by atoms with E-state index in [1.807, 2.05) is 0 Å². The van der Waals surface area contributed by atoms with Gasteiger partial charge < -0.3 is 10.4 Å². The first-order valence-corrected chi connectivity index (χ1v) is 7.24. The summed E-state index contributed by atoms with van der Waals surface area (Å²) in [7, 11) is 0. The van der Waals surface area contributed by atoms with Crippen molar-refractivity contribution < 1.29 is 5.11 Å². The Morgan fingerprint density at radius 1 is 1.22 bits per heavy atom. The van der Waals surface area contributed by atoms with Crippen molar-refractivity contribution in [1.29, 1.82) is 0 Å². The fraction of sp³-hybridized carbons (Fsp3) is 0.625. The molecule has 0 heterocycles. The molecule has 1 aliphatic carbocycles. The monoisotopic (exact) mass is 247 g/mol. The van der Waals surface area contributed by atoms with E-state index in [2.05, 4.69) is 43.4 Å². The zero-order valence-corrected chi connectivity index (χ0v) is 11.5. The number of benzene rings is 1. The lowest BCUT2D eigenvalue weighted by Crippen LogP contribution is -2.31. The van der Waals surface area contributed by atoms with Crippen LogP contribution in [0.5, 0.6) is 0 Å². The third-order valence-corrected chi connectivity index (χ3v) is 3.94. The molecule has 100 valence electrons. The highest BCUT2D eigenvalue weighted by molar-refractivity contribution is 5.25. The lowest BCUT2D eigenvalue weighted by molar-refractivity contribution is 0.144. The fourth-order valence-corrected chi connectivity index (χ4v) is 2.39. The SMILES string of the molecule is CCc1ccc(C(CC)NCC(O)C2CC2)cc1. The maximum absolute atomic E-state index is 9.90. The first-order chi connectivity index (χ1) is 8.74. The summed E-state index contributed by atoms with van der Waals surface area (Å²) in [6.45, 7) is 5.09. The van der Waals surface area contributed by atoms with Crippen LogP contribution in [-0.4, -0.2) is 17.8 Å². The molecule has 2 heteroatoms. The average Bonchev–Trinajstić information content (AvgIpc) is 3.24. The molecule has 0 spiro atoms. The third-order valence-electron chi connectivity index (χ3n) is 3.94. The summed E-state index contributed by atoms with van der Waals surface area (Å²) in [5, 5.41) is 13.4. The summed E-state index contributed by atoms with van der Waals surface area (Å²) in [5.74, 6) is 0.553. The highest BCUT2D eigenvalue weighted by Gasteiger charge is 2.29. The molecule has 2 N–H and O–H groups in total. The second-order valence-electron chi connectivity index (χ2n) is 5.37. The Balaban J connectivity index is 1.89. The van der Waals surface area contributed by atoms with Crippen molar-refractivity contribution in [3.05, 3.63) is 35.4 Å². The molecule has 18 heavy (non-hydrogen) atoms. The minimum absolute atomic E-state index is 0.158. The van der Waals surface area contributed by atoms with E-state index in [-0.39, 0.29) is 6.10 Å². The lowest BCUT2D eigenvalue weighted by atomic mass is 10.0. The smallest absolute Gasteiger partial charge is 0.0692 e. The summed E-state index contributed by atoms with van der Waals surface area (Å²) in [5.41, 5.74) is 2.71. The summed E-state index contributed by atoms with van der Waals surface area (Å²) in [6.07, 6.45) is 4.39. The van der Waals surface area contributed by atoms with E-state index in [4.69, 9.17) is 0 Å². The highest BCUT2D eigenvalue weighted by atomic mass is 16.3. The number of aliphatic hydroxyl groups excluding tert-OH is 1. The molecule has 1 aromatic rings. The summed E-state index contributed by atoms with van der Waals surface area (Å²) in [4.78, 5) is 0. The molecule has 0 radical (unpaired) electrons. The van der Waals surface area contributed by atoms with Crippen LogP contribution in [-0.2, 0) is 6.42 Å². The van der Waals surface area contributed by atoms with Crippen LogP contribution in [0.25, 0.3) is 0 Å². The van der Waals surface area contributed by atoms with E-state index in [9.17, 15) is 5.11 Å². The van der Waals surface area contributed by atoms with Gasteiger partial charge in [0.25, 0.3) is 0 Å². The Bertz CT molecular complexity index is 356. The lowest BCUT2D eigenvalue weighted by Gasteiger charge is -2.20. The molecule has 2 unspecified atom stereocenters. The van der Waals surface area contributed by atoms with Crippen molar-refractivity contribution in [2.75, 3.05) is 6.54 Å². The van der Waals surface area contributed by atoms with E-state index in [0.29, 0.717) is 12.0 Å². The first-order valence-electron chi connectivity index (χ1n) is 7.24. The van der Waals surface area contributed by atoms with Gasteiger partial charge in [-0.2, -0.15) is 0 Å². The Hall–Kier alpha value is -0.860. The van der Waals surface area contributed by atoms with Gasteiger partial charge in [-0.25, -0.2) is 0 Å². The van der Waals surface area contributed by atoms with Crippen LogP contribution in [0.4, 0.5) is 0 Å². The molecule has 2 atom stereocenters. The normalized spacial score (nSPS) is 18.6. The molecule has 1 aliphatic rings. The second-order valence-corrected chi connectivity index (χ2v) is 5.37. The average molecular weight is 247 g/mol. The van der Waals surface area contributed by atoms with Crippen molar-refractivity contribution in [3.63, 3.8) is 0 Å². The van der Waals surface area contributed by atoms with Crippen molar-refractivity contribution in [3.8, 4) is 0 Å².